The third-order valence-electron chi connectivity index (χ3n) is 9.11. The van der Waals surface area contributed by atoms with Crippen LogP contribution in [0.1, 0.15) is 26.2 Å². The summed E-state index contributed by atoms with van der Waals surface area (Å²) < 4.78 is 36.7. The van der Waals surface area contributed by atoms with Gasteiger partial charge in [0.25, 0.3) is 5.56 Å². The maximum absolute atomic E-state index is 14.9. The molecule has 39 heavy (non-hydrogen) atoms. The summed E-state index contributed by atoms with van der Waals surface area (Å²) in [6.45, 7) is 2.89. The van der Waals surface area contributed by atoms with Crippen LogP contribution in [0.3, 0.4) is 0 Å². The molecule has 3 aromatic rings. The highest BCUT2D eigenvalue weighted by molar-refractivity contribution is 6.33. The minimum absolute atomic E-state index is 0.0502. The van der Waals surface area contributed by atoms with Gasteiger partial charge in [-0.3, -0.25) is 4.79 Å². The molecule has 7 rings (SSSR count). The van der Waals surface area contributed by atoms with Gasteiger partial charge in [0.1, 0.15) is 5.02 Å². The van der Waals surface area contributed by atoms with E-state index in [-0.39, 0.29) is 34.8 Å². The summed E-state index contributed by atoms with van der Waals surface area (Å²) in [7, 11) is 1.59. The normalized spacial score (nSPS) is 28.8. The quantitative estimate of drug-likeness (QED) is 0.429. The number of hydrogen-bond donors (Lipinski definition) is 3. The lowest BCUT2D eigenvalue weighted by Crippen LogP contribution is -2.44. The van der Waals surface area contributed by atoms with Gasteiger partial charge in [-0.25, -0.2) is 13.8 Å². The molecule has 3 fully saturated rings. The molecule has 12 heteroatoms. The van der Waals surface area contributed by atoms with Crippen LogP contribution in [0.25, 0.3) is 10.9 Å². The van der Waals surface area contributed by atoms with Gasteiger partial charge in [-0.05, 0) is 48.8 Å². The Morgan fingerprint density at radius 2 is 2.10 bits per heavy atom. The fourth-order valence-electron chi connectivity index (χ4n) is 6.47. The van der Waals surface area contributed by atoms with E-state index in [1.807, 2.05) is 0 Å². The number of alkyl halides is 2. The lowest BCUT2D eigenvalue weighted by atomic mass is 10.00. The molecule has 1 aromatic carbocycles. The lowest BCUT2D eigenvalue weighted by molar-refractivity contribution is -0.0579. The summed E-state index contributed by atoms with van der Waals surface area (Å²) in [6.07, 6.45) is 3.95. The number of nitrogens with one attached hydrogen (secondary N) is 2. The van der Waals surface area contributed by atoms with Gasteiger partial charge in [-0.2, -0.15) is 4.98 Å². The molecule has 3 atom stereocenters. The number of aromatic nitrogens is 3. The van der Waals surface area contributed by atoms with Crippen molar-refractivity contribution in [3.05, 3.63) is 39.8 Å². The number of nitrogens with zero attached hydrogens (tertiary/aromatic N) is 4. The molecule has 0 amide bonds. The maximum atomic E-state index is 14.9. The van der Waals surface area contributed by atoms with Gasteiger partial charge in [0.2, 0.25) is 11.7 Å². The van der Waals surface area contributed by atoms with Crippen LogP contribution in [-0.4, -0.2) is 57.9 Å². The predicted molar refractivity (Wildman–Crippen MR) is 145 cm³/mol. The number of aryl methyl sites for hydroxylation is 1. The van der Waals surface area contributed by atoms with Crippen LogP contribution < -0.4 is 25.8 Å². The first kappa shape index (κ1) is 24.8. The zero-order valence-corrected chi connectivity index (χ0v) is 22.4. The van der Waals surface area contributed by atoms with E-state index >= 15 is 0 Å². The number of halogens is 3. The Labute approximate surface area is 228 Å². The molecular weight excluding hydrogens is 530 g/mol. The lowest BCUT2D eigenvalue weighted by Gasteiger charge is -2.25. The van der Waals surface area contributed by atoms with Crippen LogP contribution in [0, 0.1) is 16.7 Å². The van der Waals surface area contributed by atoms with Crippen molar-refractivity contribution in [1.29, 1.82) is 0 Å². The predicted octanol–water partition coefficient (Wildman–Crippen LogP) is 4.15. The van der Waals surface area contributed by atoms with Gasteiger partial charge in [0.15, 0.2) is 12.4 Å². The van der Waals surface area contributed by atoms with Crippen molar-refractivity contribution in [2.75, 3.05) is 41.8 Å². The van der Waals surface area contributed by atoms with Crippen molar-refractivity contribution in [2.45, 2.75) is 38.2 Å². The smallest absolute Gasteiger partial charge is 0.301 e. The Balaban J connectivity index is 1.25. The van der Waals surface area contributed by atoms with Crippen LogP contribution in [0.5, 0.6) is 5.75 Å². The summed E-state index contributed by atoms with van der Waals surface area (Å²) in [6, 6.07) is 4.21. The first-order chi connectivity index (χ1) is 18.5. The number of fused-ring (bicyclic) bond motifs is 4. The van der Waals surface area contributed by atoms with E-state index in [1.165, 1.54) is 4.57 Å². The monoisotopic (exact) mass is 558 g/mol. The number of benzene rings is 1. The molecule has 2 saturated carbocycles. The van der Waals surface area contributed by atoms with E-state index in [9.17, 15) is 18.7 Å². The second kappa shape index (κ2) is 8.17. The molecule has 4 heterocycles. The Morgan fingerprint density at radius 3 is 2.82 bits per heavy atom. The highest BCUT2D eigenvalue weighted by Gasteiger charge is 2.69. The fraction of sp³-hybridized carbons (Fsp3) is 0.519. The topological polar surface area (TPSA) is 105 Å². The Bertz CT molecular complexity index is 1580. The van der Waals surface area contributed by atoms with Gasteiger partial charge in [0.05, 0.1) is 30.0 Å². The van der Waals surface area contributed by atoms with Gasteiger partial charge in [-0.1, -0.05) is 18.5 Å². The second-order valence-electron chi connectivity index (χ2n) is 11.8. The molecule has 2 aliphatic carbocycles. The van der Waals surface area contributed by atoms with E-state index in [2.05, 4.69) is 32.4 Å². The van der Waals surface area contributed by atoms with Crippen molar-refractivity contribution in [2.24, 2.45) is 23.8 Å². The first-order valence-electron chi connectivity index (χ1n) is 13.1. The second-order valence-corrected chi connectivity index (χ2v) is 12.2. The van der Waals surface area contributed by atoms with Crippen LogP contribution >= 0.6 is 11.6 Å². The molecule has 0 radical (unpaired) electrons. The molecule has 2 aromatic heterocycles. The molecule has 9 nitrogen and oxygen atoms in total. The standard InChI is InChI=1S/C27H29ClF2N6O3/c1-25-9-26(25,12-37)11-36(10-25)24-31-8-17(28)22(34-24)32-15-5-6-18-16(7-15)19-20(23(38)35(18)2)39-13-27(29,30)21(33-19)14-3-4-14/h5-8,14,21,33,37H,3-4,9-13H2,1-2H3,(H,31,32,34)/t21?,25-,26+/m0/s1. The number of pyridine rings is 1. The van der Waals surface area contributed by atoms with Gasteiger partial charge in [-0.15, -0.1) is 0 Å². The Kier molecular flexibility index (Phi) is 5.20. The van der Waals surface area contributed by atoms with Gasteiger partial charge in [0, 0.05) is 36.6 Å². The zero-order chi connectivity index (χ0) is 27.3. The molecule has 0 spiro atoms. The van der Waals surface area contributed by atoms with Crippen molar-refractivity contribution in [3.8, 4) is 5.75 Å². The minimum Gasteiger partial charge on any atom is -0.480 e. The molecule has 1 saturated heterocycles. The van der Waals surface area contributed by atoms with Crippen LogP contribution in [0.4, 0.5) is 31.9 Å². The third-order valence-corrected chi connectivity index (χ3v) is 9.38. The van der Waals surface area contributed by atoms with Gasteiger partial charge >= 0.3 is 5.92 Å². The van der Waals surface area contributed by atoms with E-state index in [1.54, 1.807) is 31.4 Å². The Hall–Kier alpha value is -3.18. The van der Waals surface area contributed by atoms with Crippen LogP contribution in [-0.2, 0) is 7.05 Å². The summed E-state index contributed by atoms with van der Waals surface area (Å²) >= 11 is 6.46. The molecule has 4 aliphatic rings. The molecule has 206 valence electrons. The molecule has 3 N–H and O–H groups in total. The van der Waals surface area contributed by atoms with Crippen molar-refractivity contribution in [1.82, 2.24) is 14.5 Å². The molecule has 2 aliphatic heterocycles. The zero-order valence-electron chi connectivity index (χ0n) is 21.6. The fourth-order valence-corrected chi connectivity index (χ4v) is 6.61. The third kappa shape index (κ3) is 3.76. The average molecular weight is 559 g/mol. The number of rotatable bonds is 5. The van der Waals surface area contributed by atoms with Crippen LogP contribution in [0.2, 0.25) is 5.02 Å². The van der Waals surface area contributed by atoms with E-state index < -0.39 is 24.1 Å². The van der Waals surface area contributed by atoms with E-state index in [4.69, 9.17) is 16.3 Å². The van der Waals surface area contributed by atoms with E-state index in [0.717, 1.165) is 13.0 Å². The van der Waals surface area contributed by atoms with Crippen molar-refractivity contribution >= 4 is 45.6 Å². The number of anilines is 4. The highest BCUT2D eigenvalue weighted by atomic mass is 35.5. The maximum Gasteiger partial charge on any atom is 0.301 e. The average Bonchev–Trinajstić information content (AvgIpc) is 3.81. The van der Waals surface area contributed by atoms with Crippen LogP contribution in [0.15, 0.2) is 29.2 Å². The number of piperidine rings is 1. The number of aliphatic hydroxyl groups is 1. The van der Waals surface area contributed by atoms with E-state index in [0.29, 0.717) is 52.8 Å². The SMILES string of the molecule is Cn1c(=O)c2c(c3cc(Nc4nc(N5C[C@]6(C)C[C@]6(CO)C5)ncc4Cl)ccc31)NC(C1CC1)C(F)(F)CO2. The highest BCUT2D eigenvalue weighted by Crippen LogP contribution is 2.67. The van der Waals surface area contributed by atoms with Crippen molar-refractivity contribution in [3.63, 3.8) is 0 Å². The molecular formula is C27H29ClF2N6O3. The number of hydrogen-bond acceptors (Lipinski definition) is 8. The van der Waals surface area contributed by atoms with Gasteiger partial charge < -0.3 is 29.9 Å². The Morgan fingerprint density at radius 1 is 1.31 bits per heavy atom. The summed E-state index contributed by atoms with van der Waals surface area (Å²) in [5, 5.41) is 17.0. The number of aliphatic hydroxyl groups excluding tert-OH is 1. The first-order valence-corrected chi connectivity index (χ1v) is 13.5. The molecule has 0 bridgehead atoms. The summed E-state index contributed by atoms with van der Waals surface area (Å²) in [4.78, 5) is 24.2. The van der Waals surface area contributed by atoms with Crippen molar-refractivity contribution < 1.29 is 18.6 Å². The largest absolute Gasteiger partial charge is 0.480 e. The summed E-state index contributed by atoms with van der Waals surface area (Å²) in [5.41, 5.74) is 0.930. The minimum atomic E-state index is -3.11. The number of ether oxygens (including phenoxy) is 1. The summed E-state index contributed by atoms with van der Waals surface area (Å²) in [5.74, 6) is -2.47. The molecule has 1 unspecified atom stereocenters.